The van der Waals surface area contributed by atoms with E-state index in [-0.39, 0.29) is 36.5 Å². The lowest BCUT2D eigenvalue weighted by atomic mass is 10.2. The summed E-state index contributed by atoms with van der Waals surface area (Å²) in [6, 6.07) is 2.91. The van der Waals surface area contributed by atoms with Crippen LogP contribution >= 0.6 is 12.4 Å². The molecule has 0 saturated carbocycles. The molecule has 1 aliphatic heterocycles. The molecule has 0 spiro atoms. The zero-order chi connectivity index (χ0) is 16.8. The van der Waals surface area contributed by atoms with E-state index in [2.05, 4.69) is 5.32 Å². The molecule has 1 aliphatic rings. The lowest BCUT2D eigenvalue weighted by molar-refractivity contribution is -0.131. The number of amides is 2. The van der Waals surface area contributed by atoms with Gasteiger partial charge in [0.15, 0.2) is 0 Å². The Labute approximate surface area is 146 Å². The van der Waals surface area contributed by atoms with Gasteiger partial charge in [-0.3, -0.25) is 9.59 Å². The first-order valence-electron chi connectivity index (χ1n) is 7.75. The van der Waals surface area contributed by atoms with Crippen LogP contribution in [0.3, 0.4) is 0 Å². The number of nitrogens with one attached hydrogen (secondary N) is 1. The van der Waals surface area contributed by atoms with E-state index in [1.807, 2.05) is 0 Å². The number of nitrogens with two attached hydrogens (primary N) is 1. The number of carbonyl (C=O) groups excluding carboxylic acids is 2. The summed E-state index contributed by atoms with van der Waals surface area (Å²) >= 11 is 0. The maximum atomic E-state index is 13.5. The molecule has 0 bridgehead atoms. The molecule has 1 atom stereocenters. The van der Waals surface area contributed by atoms with Crippen molar-refractivity contribution in [3.8, 4) is 0 Å². The number of hydrogen-bond acceptors (Lipinski definition) is 3. The summed E-state index contributed by atoms with van der Waals surface area (Å²) in [5, 5.41) is 2.53. The molecule has 1 unspecified atom stereocenters. The second kappa shape index (κ2) is 9.54. The third kappa shape index (κ3) is 5.14. The van der Waals surface area contributed by atoms with Crippen LogP contribution in [0, 0.1) is 11.6 Å². The number of benzene rings is 1. The maximum Gasteiger partial charge on any atom is 0.254 e. The Balaban J connectivity index is 0.00000288. The molecule has 5 nitrogen and oxygen atoms in total. The van der Waals surface area contributed by atoms with Gasteiger partial charge in [-0.1, -0.05) is 0 Å². The van der Waals surface area contributed by atoms with Gasteiger partial charge in [-0.15, -0.1) is 12.4 Å². The smallest absolute Gasteiger partial charge is 0.254 e. The number of halogens is 3. The van der Waals surface area contributed by atoms with Crippen molar-refractivity contribution < 1.29 is 18.4 Å². The fourth-order valence-electron chi connectivity index (χ4n) is 2.76. The summed E-state index contributed by atoms with van der Waals surface area (Å²) in [6.45, 7) is 1.45. The first-order chi connectivity index (χ1) is 11.0. The first-order valence-corrected chi connectivity index (χ1v) is 7.75. The SMILES string of the molecule is Cl.NCC1CCCN1C(=O)CCCNC(=O)c1ccc(F)cc1F. The van der Waals surface area contributed by atoms with Crippen molar-refractivity contribution in [2.75, 3.05) is 19.6 Å². The molecular weight excluding hydrogens is 340 g/mol. The van der Waals surface area contributed by atoms with Gasteiger partial charge in [0, 0.05) is 38.2 Å². The minimum absolute atomic E-state index is 0. The molecule has 24 heavy (non-hydrogen) atoms. The second-order valence-electron chi connectivity index (χ2n) is 5.60. The normalized spacial score (nSPS) is 16.6. The topological polar surface area (TPSA) is 75.4 Å². The van der Waals surface area contributed by atoms with E-state index >= 15 is 0 Å². The van der Waals surface area contributed by atoms with Crippen molar-refractivity contribution in [3.05, 3.63) is 35.4 Å². The summed E-state index contributed by atoms with van der Waals surface area (Å²) in [4.78, 5) is 25.7. The van der Waals surface area contributed by atoms with E-state index in [1.54, 1.807) is 4.90 Å². The van der Waals surface area contributed by atoms with Gasteiger partial charge in [-0.25, -0.2) is 8.78 Å². The minimum atomic E-state index is -0.901. The third-order valence-corrected chi connectivity index (χ3v) is 4.00. The molecular formula is C16H22ClF2N3O2. The number of carbonyl (C=O) groups is 2. The van der Waals surface area contributed by atoms with Crippen LogP contribution in [-0.4, -0.2) is 42.4 Å². The van der Waals surface area contributed by atoms with E-state index in [4.69, 9.17) is 5.73 Å². The predicted molar refractivity (Wildman–Crippen MR) is 89.0 cm³/mol. The standard InChI is InChI=1S/C16H21F2N3O2.ClH/c17-11-5-6-13(14(18)9-11)16(23)20-7-1-4-15(22)21-8-2-3-12(21)10-19;/h5-6,9,12H,1-4,7-8,10,19H2,(H,20,23);1H. The maximum absolute atomic E-state index is 13.5. The predicted octanol–water partition coefficient (Wildman–Crippen LogP) is 1.85. The van der Waals surface area contributed by atoms with Crippen LogP contribution in [0.15, 0.2) is 18.2 Å². The number of likely N-dealkylation sites (tertiary alicyclic amines) is 1. The highest BCUT2D eigenvalue weighted by Gasteiger charge is 2.26. The van der Waals surface area contributed by atoms with Crippen LogP contribution < -0.4 is 11.1 Å². The first kappa shape index (κ1) is 20.3. The van der Waals surface area contributed by atoms with Gasteiger partial charge in [0.2, 0.25) is 5.91 Å². The molecule has 134 valence electrons. The van der Waals surface area contributed by atoms with Crippen molar-refractivity contribution in [1.82, 2.24) is 10.2 Å². The average molecular weight is 362 g/mol. The van der Waals surface area contributed by atoms with Gasteiger partial charge in [-0.05, 0) is 31.4 Å². The van der Waals surface area contributed by atoms with E-state index in [9.17, 15) is 18.4 Å². The number of rotatable bonds is 6. The van der Waals surface area contributed by atoms with Crippen molar-refractivity contribution >= 4 is 24.2 Å². The van der Waals surface area contributed by atoms with Crippen molar-refractivity contribution in [2.24, 2.45) is 5.73 Å². The highest BCUT2D eigenvalue weighted by Crippen LogP contribution is 2.17. The fourth-order valence-corrected chi connectivity index (χ4v) is 2.76. The Kier molecular flexibility index (Phi) is 8.07. The molecule has 1 saturated heterocycles. The number of nitrogens with zero attached hydrogens (tertiary/aromatic N) is 1. The summed E-state index contributed by atoms with van der Waals surface area (Å²) in [6.07, 6.45) is 2.67. The van der Waals surface area contributed by atoms with E-state index < -0.39 is 17.5 Å². The van der Waals surface area contributed by atoms with Gasteiger partial charge in [0.05, 0.1) is 5.56 Å². The molecule has 0 radical (unpaired) electrons. The molecule has 1 aromatic rings. The molecule has 1 aromatic carbocycles. The minimum Gasteiger partial charge on any atom is -0.352 e. The quantitative estimate of drug-likeness (QED) is 0.759. The van der Waals surface area contributed by atoms with Crippen LogP contribution in [-0.2, 0) is 4.79 Å². The molecule has 2 amide bonds. The van der Waals surface area contributed by atoms with Gasteiger partial charge >= 0.3 is 0 Å². The van der Waals surface area contributed by atoms with E-state index in [0.29, 0.717) is 25.5 Å². The van der Waals surface area contributed by atoms with Gasteiger partial charge in [0.25, 0.3) is 5.91 Å². The van der Waals surface area contributed by atoms with E-state index in [0.717, 1.165) is 31.5 Å². The monoisotopic (exact) mass is 361 g/mol. The van der Waals surface area contributed by atoms with Crippen molar-refractivity contribution in [2.45, 2.75) is 31.7 Å². The molecule has 0 aliphatic carbocycles. The third-order valence-electron chi connectivity index (χ3n) is 4.00. The fraction of sp³-hybridized carbons (Fsp3) is 0.500. The lowest BCUT2D eigenvalue weighted by Gasteiger charge is -2.23. The van der Waals surface area contributed by atoms with Crippen LogP contribution in [0.2, 0.25) is 0 Å². The molecule has 3 N–H and O–H groups in total. The zero-order valence-electron chi connectivity index (χ0n) is 13.3. The largest absolute Gasteiger partial charge is 0.352 e. The van der Waals surface area contributed by atoms with Crippen LogP contribution in [0.4, 0.5) is 8.78 Å². The van der Waals surface area contributed by atoms with Crippen LogP contribution in [0.5, 0.6) is 0 Å². The second-order valence-corrected chi connectivity index (χ2v) is 5.60. The Morgan fingerprint density at radius 1 is 1.33 bits per heavy atom. The molecule has 1 fully saturated rings. The van der Waals surface area contributed by atoms with Gasteiger partial charge < -0.3 is 16.0 Å². The lowest BCUT2D eigenvalue weighted by Crippen LogP contribution is -2.40. The zero-order valence-corrected chi connectivity index (χ0v) is 14.1. The Morgan fingerprint density at radius 3 is 2.75 bits per heavy atom. The molecule has 0 aromatic heterocycles. The highest BCUT2D eigenvalue weighted by atomic mass is 35.5. The Morgan fingerprint density at radius 2 is 2.08 bits per heavy atom. The molecule has 8 heteroatoms. The summed E-state index contributed by atoms with van der Waals surface area (Å²) in [5.74, 6) is -2.22. The van der Waals surface area contributed by atoms with Gasteiger partial charge in [0.1, 0.15) is 11.6 Å². The van der Waals surface area contributed by atoms with E-state index in [1.165, 1.54) is 0 Å². The van der Waals surface area contributed by atoms with Crippen LogP contribution in [0.1, 0.15) is 36.0 Å². The van der Waals surface area contributed by atoms with Gasteiger partial charge in [-0.2, -0.15) is 0 Å². The summed E-state index contributed by atoms with van der Waals surface area (Å²) < 4.78 is 26.2. The van der Waals surface area contributed by atoms with Crippen LogP contribution in [0.25, 0.3) is 0 Å². The van der Waals surface area contributed by atoms with Crippen molar-refractivity contribution in [3.63, 3.8) is 0 Å². The summed E-state index contributed by atoms with van der Waals surface area (Å²) in [7, 11) is 0. The van der Waals surface area contributed by atoms with Crippen molar-refractivity contribution in [1.29, 1.82) is 0 Å². The Bertz CT molecular complexity index is 586. The molecule has 2 rings (SSSR count). The average Bonchev–Trinajstić information content (AvgIpc) is 2.99. The number of hydrogen-bond donors (Lipinski definition) is 2. The molecule has 1 heterocycles. The highest BCUT2D eigenvalue weighted by molar-refractivity contribution is 5.94. The Hall–Kier alpha value is -1.73. The summed E-state index contributed by atoms with van der Waals surface area (Å²) in [5.41, 5.74) is 5.42.